The van der Waals surface area contributed by atoms with E-state index in [9.17, 15) is 15.8 Å². The van der Waals surface area contributed by atoms with Gasteiger partial charge in [0.05, 0.1) is 40.7 Å². The summed E-state index contributed by atoms with van der Waals surface area (Å²) in [6.07, 6.45) is 8.26. The van der Waals surface area contributed by atoms with Crippen LogP contribution in [0.5, 0.6) is 11.5 Å². The molecule has 0 fully saturated rings. The first kappa shape index (κ1) is 29.5. The molecule has 0 bridgehead atoms. The first-order valence-corrected chi connectivity index (χ1v) is 15.8. The lowest BCUT2D eigenvalue weighted by molar-refractivity contribution is 0.283. The fourth-order valence-electron chi connectivity index (χ4n) is 3.86. The van der Waals surface area contributed by atoms with E-state index < -0.39 is 0 Å². The van der Waals surface area contributed by atoms with Gasteiger partial charge in [0.25, 0.3) is 0 Å². The molecule has 0 saturated carbocycles. The lowest BCUT2D eigenvalue weighted by Gasteiger charge is -2.23. The average molecular weight is 570 g/mol. The maximum absolute atomic E-state index is 9.59. The van der Waals surface area contributed by atoms with E-state index >= 15 is 0 Å². The second kappa shape index (κ2) is 14.2. The van der Waals surface area contributed by atoms with Crippen molar-refractivity contribution >= 4 is 47.0 Å². The second-order valence-electron chi connectivity index (χ2n) is 8.54. The molecule has 0 N–H and O–H groups in total. The van der Waals surface area contributed by atoms with E-state index in [0.717, 1.165) is 79.6 Å². The largest absolute Gasteiger partial charge is 0.491 e. The van der Waals surface area contributed by atoms with Crippen molar-refractivity contribution < 1.29 is 9.47 Å². The zero-order valence-electron chi connectivity index (χ0n) is 21.9. The molecule has 1 aromatic rings. The van der Waals surface area contributed by atoms with E-state index in [1.54, 1.807) is 23.5 Å². The Kier molecular flexibility index (Phi) is 11.3. The van der Waals surface area contributed by atoms with Crippen LogP contribution in [0.15, 0.2) is 51.0 Å². The predicted octanol–water partition coefficient (Wildman–Crippen LogP) is 9.77. The average Bonchev–Trinajstić information content (AvgIpc) is 3.55. The van der Waals surface area contributed by atoms with Gasteiger partial charge in [-0.15, -0.1) is 0 Å². The lowest BCUT2D eigenvalue weighted by Crippen LogP contribution is -2.10. The van der Waals surface area contributed by atoms with E-state index in [1.165, 1.54) is 23.5 Å². The van der Waals surface area contributed by atoms with Crippen molar-refractivity contribution in [3.8, 4) is 29.7 Å². The van der Waals surface area contributed by atoms with Gasteiger partial charge in [-0.3, -0.25) is 0 Å². The van der Waals surface area contributed by atoms with Crippen LogP contribution in [0.25, 0.3) is 0 Å². The van der Waals surface area contributed by atoms with Gasteiger partial charge in [0.1, 0.15) is 29.2 Å². The van der Waals surface area contributed by atoms with Crippen molar-refractivity contribution in [3.05, 3.63) is 31.5 Å². The highest BCUT2D eigenvalue weighted by molar-refractivity contribution is 8.25. The number of benzene rings is 1. The topological polar surface area (TPSA) is 89.8 Å². The van der Waals surface area contributed by atoms with Crippen LogP contribution in [0.3, 0.4) is 0 Å². The Balaban J connectivity index is 2.22. The summed E-state index contributed by atoms with van der Waals surface area (Å²) in [5.41, 5.74) is 0.758. The molecule has 9 heteroatoms. The molecule has 2 heterocycles. The Hall–Kier alpha value is -2.09. The van der Waals surface area contributed by atoms with Gasteiger partial charge in [-0.05, 0) is 39.2 Å². The van der Waals surface area contributed by atoms with Gasteiger partial charge in [-0.1, -0.05) is 87.1 Å². The molecule has 3 rings (SSSR count). The minimum atomic E-state index is 0.0960. The third kappa shape index (κ3) is 6.50. The van der Waals surface area contributed by atoms with E-state index in [-0.39, 0.29) is 5.57 Å². The fraction of sp³-hybridized carbons (Fsp3) is 0.464. The highest BCUT2D eigenvalue weighted by Gasteiger charge is 2.38. The number of allylic oxidation sites excluding steroid dienone is 4. The molecule has 1 atom stereocenters. The van der Waals surface area contributed by atoms with Crippen LogP contribution in [-0.4, -0.2) is 6.61 Å². The summed E-state index contributed by atoms with van der Waals surface area (Å²) in [5, 5.41) is 28.7. The van der Waals surface area contributed by atoms with Crippen molar-refractivity contribution in [2.45, 2.75) is 92.7 Å². The standard InChI is InChI=1S/C28H31N3O2S4/c1-6-10-12-18(8-3)20(9-4)33-22-25-23(34-27(35-25)17(5)14-29)21(32-13-11-7-2)24-26(22)37-28(36-24)19(15-30)16-31/h9,18H,6-8,10-13H2,1-5H3/b20-9+,27-17+. The molecule has 37 heavy (non-hydrogen) atoms. The van der Waals surface area contributed by atoms with Crippen LogP contribution in [-0.2, 0) is 0 Å². The molecule has 0 amide bonds. The molecule has 0 spiro atoms. The third-order valence-electron chi connectivity index (χ3n) is 5.97. The first-order valence-electron chi connectivity index (χ1n) is 12.5. The number of nitrogens with zero attached hydrogens (tertiary/aromatic N) is 3. The monoisotopic (exact) mass is 569 g/mol. The van der Waals surface area contributed by atoms with Crippen LogP contribution in [0, 0.1) is 39.9 Å². The molecule has 5 nitrogen and oxygen atoms in total. The van der Waals surface area contributed by atoms with Gasteiger partial charge in [-0.25, -0.2) is 0 Å². The van der Waals surface area contributed by atoms with Crippen molar-refractivity contribution in [3.63, 3.8) is 0 Å². The van der Waals surface area contributed by atoms with Crippen molar-refractivity contribution in [2.75, 3.05) is 6.61 Å². The smallest absolute Gasteiger partial charge is 0.157 e. The summed E-state index contributed by atoms with van der Waals surface area (Å²) in [6.45, 7) is 10.9. The molecule has 2 aliphatic heterocycles. The zero-order valence-corrected chi connectivity index (χ0v) is 25.2. The molecule has 0 aromatic heterocycles. The number of rotatable bonds is 11. The number of hydrogen-bond donors (Lipinski definition) is 0. The highest BCUT2D eigenvalue weighted by Crippen LogP contribution is 2.68. The molecule has 0 saturated heterocycles. The number of nitriles is 3. The lowest BCUT2D eigenvalue weighted by atomic mass is 9.97. The SMILES string of the molecule is C/C=C(/Oc1c2c(c(OCCCC)c3c1S/C(=C(\C)C#N)S3)SC(=C(C#N)C#N)S2)C(CC)CCCC. The number of ether oxygens (including phenoxy) is 2. The summed E-state index contributed by atoms with van der Waals surface area (Å²) in [6, 6.07) is 6.36. The zero-order chi connectivity index (χ0) is 26.9. The Morgan fingerprint density at radius 3 is 1.89 bits per heavy atom. The van der Waals surface area contributed by atoms with Crippen LogP contribution >= 0.6 is 47.0 Å². The second-order valence-corrected chi connectivity index (χ2v) is 13.1. The molecular weight excluding hydrogens is 539 g/mol. The molecular formula is C28H31N3O2S4. The first-order chi connectivity index (χ1) is 18.0. The van der Waals surface area contributed by atoms with Crippen LogP contribution in [0.2, 0.25) is 0 Å². The molecule has 1 unspecified atom stereocenters. The fourth-order valence-corrected chi connectivity index (χ4v) is 9.07. The summed E-state index contributed by atoms with van der Waals surface area (Å²) in [5.74, 6) is 2.72. The predicted molar refractivity (Wildman–Crippen MR) is 155 cm³/mol. The van der Waals surface area contributed by atoms with Crippen molar-refractivity contribution in [2.24, 2.45) is 5.92 Å². The Bertz CT molecular complexity index is 1250. The molecule has 0 aliphatic carbocycles. The van der Waals surface area contributed by atoms with Crippen molar-refractivity contribution in [1.29, 1.82) is 15.8 Å². The summed E-state index contributed by atoms with van der Waals surface area (Å²) in [4.78, 5) is 3.64. The molecule has 2 aliphatic rings. The van der Waals surface area contributed by atoms with E-state index in [4.69, 9.17) is 9.47 Å². The minimum absolute atomic E-state index is 0.0960. The van der Waals surface area contributed by atoms with Crippen LogP contribution in [0.4, 0.5) is 0 Å². The summed E-state index contributed by atoms with van der Waals surface area (Å²) in [7, 11) is 0. The molecule has 1 aromatic carbocycles. The normalized spacial score (nSPS) is 16.3. The van der Waals surface area contributed by atoms with Gasteiger partial charge in [0, 0.05) is 11.5 Å². The van der Waals surface area contributed by atoms with E-state index in [1.807, 2.05) is 26.0 Å². The van der Waals surface area contributed by atoms with Crippen molar-refractivity contribution in [1.82, 2.24) is 0 Å². The van der Waals surface area contributed by atoms with Crippen LogP contribution in [0.1, 0.15) is 73.1 Å². The van der Waals surface area contributed by atoms with Gasteiger partial charge in [-0.2, -0.15) is 15.8 Å². The van der Waals surface area contributed by atoms with E-state index in [2.05, 4.69) is 32.9 Å². The van der Waals surface area contributed by atoms with Gasteiger partial charge >= 0.3 is 0 Å². The number of fused-ring (bicyclic) bond motifs is 2. The number of thioether (sulfide) groups is 4. The summed E-state index contributed by atoms with van der Waals surface area (Å²) >= 11 is 5.90. The van der Waals surface area contributed by atoms with Gasteiger partial charge < -0.3 is 9.47 Å². The Labute approximate surface area is 237 Å². The molecule has 194 valence electrons. The maximum Gasteiger partial charge on any atom is 0.157 e. The molecule has 0 radical (unpaired) electrons. The quantitative estimate of drug-likeness (QED) is 0.147. The minimum Gasteiger partial charge on any atom is -0.491 e. The Morgan fingerprint density at radius 1 is 0.838 bits per heavy atom. The Morgan fingerprint density at radius 2 is 1.41 bits per heavy atom. The van der Waals surface area contributed by atoms with Gasteiger partial charge in [0.2, 0.25) is 0 Å². The maximum atomic E-state index is 9.59. The number of unbranched alkanes of at least 4 members (excludes halogenated alkanes) is 2. The highest BCUT2D eigenvalue weighted by atomic mass is 32.2. The third-order valence-corrected chi connectivity index (χ3v) is 11.4. The van der Waals surface area contributed by atoms with Crippen LogP contribution < -0.4 is 9.47 Å². The summed E-state index contributed by atoms with van der Waals surface area (Å²) < 4.78 is 14.7. The number of hydrogen-bond acceptors (Lipinski definition) is 9. The van der Waals surface area contributed by atoms with Gasteiger partial charge in [0.15, 0.2) is 5.75 Å². The van der Waals surface area contributed by atoms with E-state index in [0.29, 0.717) is 22.3 Å².